The molecule has 3 aromatic rings. The quantitative estimate of drug-likeness (QED) is 0.758. The Morgan fingerprint density at radius 3 is 2.77 bits per heavy atom. The van der Waals surface area contributed by atoms with Crippen LogP contribution >= 0.6 is 0 Å². The SMILES string of the molecule is COc1cc2c(cc1NC(=O)C[C@@H]1CCS(=O)(=O)C1)oc1ccccc12. The van der Waals surface area contributed by atoms with Crippen molar-refractivity contribution in [3.05, 3.63) is 36.4 Å². The summed E-state index contributed by atoms with van der Waals surface area (Å²) in [6.07, 6.45) is 0.718. The van der Waals surface area contributed by atoms with Gasteiger partial charge in [-0.05, 0) is 24.5 Å². The summed E-state index contributed by atoms with van der Waals surface area (Å²) in [5.74, 6) is 0.442. The number of benzene rings is 2. The number of anilines is 1. The summed E-state index contributed by atoms with van der Waals surface area (Å²) in [6, 6.07) is 11.3. The number of fused-ring (bicyclic) bond motifs is 3. The number of rotatable bonds is 4. The smallest absolute Gasteiger partial charge is 0.224 e. The lowest BCUT2D eigenvalue weighted by molar-refractivity contribution is -0.116. The van der Waals surface area contributed by atoms with Gasteiger partial charge in [0.15, 0.2) is 9.84 Å². The molecule has 136 valence electrons. The lowest BCUT2D eigenvalue weighted by atomic mass is 10.0. The molecule has 0 spiro atoms. The van der Waals surface area contributed by atoms with Crippen molar-refractivity contribution in [3.63, 3.8) is 0 Å². The first-order valence-corrected chi connectivity index (χ1v) is 10.3. The van der Waals surface area contributed by atoms with E-state index in [1.54, 1.807) is 13.2 Å². The van der Waals surface area contributed by atoms with Crippen molar-refractivity contribution in [1.82, 2.24) is 0 Å². The molecule has 6 nitrogen and oxygen atoms in total. The minimum atomic E-state index is -2.99. The van der Waals surface area contributed by atoms with E-state index < -0.39 is 9.84 Å². The zero-order valence-corrected chi connectivity index (χ0v) is 15.1. The van der Waals surface area contributed by atoms with E-state index in [1.807, 2.05) is 30.3 Å². The van der Waals surface area contributed by atoms with E-state index in [4.69, 9.17) is 9.15 Å². The summed E-state index contributed by atoms with van der Waals surface area (Å²) in [7, 11) is -1.45. The Bertz CT molecular complexity index is 1100. The highest BCUT2D eigenvalue weighted by atomic mass is 32.2. The monoisotopic (exact) mass is 373 g/mol. The molecule has 0 saturated carbocycles. The summed E-state index contributed by atoms with van der Waals surface area (Å²) in [6.45, 7) is 0. The van der Waals surface area contributed by atoms with Crippen LogP contribution in [-0.4, -0.2) is 32.9 Å². The number of nitrogens with one attached hydrogen (secondary N) is 1. The molecule has 2 heterocycles. The molecular weight excluding hydrogens is 354 g/mol. The van der Waals surface area contributed by atoms with Crippen LogP contribution in [0.2, 0.25) is 0 Å². The van der Waals surface area contributed by atoms with Gasteiger partial charge in [0.1, 0.15) is 16.9 Å². The van der Waals surface area contributed by atoms with Crippen LogP contribution in [0.25, 0.3) is 21.9 Å². The van der Waals surface area contributed by atoms with Crippen molar-refractivity contribution in [1.29, 1.82) is 0 Å². The second-order valence-corrected chi connectivity index (χ2v) is 8.90. The van der Waals surface area contributed by atoms with Gasteiger partial charge in [-0.3, -0.25) is 4.79 Å². The van der Waals surface area contributed by atoms with Crippen LogP contribution in [0, 0.1) is 5.92 Å². The number of carbonyl (C=O) groups is 1. The van der Waals surface area contributed by atoms with Gasteiger partial charge in [0.25, 0.3) is 0 Å². The van der Waals surface area contributed by atoms with Gasteiger partial charge in [0.05, 0.1) is 24.3 Å². The van der Waals surface area contributed by atoms with Crippen LogP contribution in [0.5, 0.6) is 5.75 Å². The third-order valence-corrected chi connectivity index (χ3v) is 6.61. The van der Waals surface area contributed by atoms with Crippen molar-refractivity contribution < 1.29 is 22.4 Å². The molecule has 0 aliphatic carbocycles. The van der Waals surface area contributed by atoms with Gasteiger partial charge in [-0.25, -0.2) is 8.42 Å². The van der Waals surface area contributed by atoms with Crippen molar-refractivity contribution in [3.8, 4) is 5.75 Å². The standard InChI is InChI=1S/C19H19NO5S/c1-24-18-9-14-13-4-2-3-5-16(13)25-17(14)10-15(18)20-19(21)8-12-6-7-26(22,23)11-12/h2-5,9-10,12H,6-8,11H2,1H3,(H,20,21)/t12-/m0/s1. The number of furan rings is 1. The van der Waals surface area contributed by atoms with E-state index in [2.05, 4.69) is 5.32 Å². The number of para-hydroxylation sites is 1. The number of hydrogen-bond acceptors (Lipinski definition) is 5. The molecule has 1 atom stereocenters. The molecule has 0 unspecified atom stereocenters. The maximum Gasteiger partial charge on any atom is 0.224 e. The minimum absolute atomic E-state index is 0.0835. The molecule has 0 bridgehead atoms. The fourth-order valence-electron chi connectivity index (χ4n) is 3.51. The normalized spacial score (nSPS) is 19.0. The van der Waals surface area contributed by atoms with Crippen LogP contribution in [0.4, 0.5) is 5.69 Å². The fraction of sp³-hybridized carbons (Fsp3) is 0.316. The predicted molar refractivity (Wildman–Crippen MR) is 100 cm³/mol. The Labute approximate surface area is 151 Å². The second-order valence-electron chi connectivity index (χ2n) is 6.67. The molecule has 2 aromatic carbocycles. The van der Waals surface area contributed by atoms with Crippen molar-refractivity contribution in [2.75, 3.05) is 23.9 Å². The lowest BCUT2D eigenvalue weighted by Crippen LogP contribution is -2.17. The molecule has 1 aromatic heterocycles. The Kier molecular flexibility index (Phi) is 4.11. The molecule has 1 amide bonds. The maximum absolute atomic E-state index is 12.4. The topological polar surface area (TPSA) is 85.6 Å². The van der Waals surface area contributed by atoms with E-state index >= 15 is 0 Å². The van der Waals surface area contributed by atoms with Gasteiger partial charge in [-0.15, -0.1) is 0 Å². The van der Waals surface area contributed by atoms with Crippen molar-refractivity contribution >= 4 is 43.4 Å². The molecule has 1 aliphatic heterocycles. The van der Waals surface area contributed by atoms with Gasteiger partial charge < -0.3 is 14.5 Å². The number of carbonyl (C=O) groups excluding carboxylic acids is 1. The van der Waals surface area contributed by atoms with E-state index in [1.165, 1.54) is 0 Å². The van der Waals surface area contributed by atoms with E-state index in [9.17, 15) is 13.2 Å². The predicted octanol–water partition coefficient (Wildman–Crippen LogP) is 3.36. The van der Waals surface area contributed by atoms with E-state index in [0.29, 0.717) is 23.4 Å². The van der Waals surface area contributed by atoms with Crippen LogP contribution in [0.3, 0.4) is 0 Å². The Balaban J connectivity index is 1.61. The van der Waals surface area contributed by atoms with Gasteiger partial charge in [0, 0.05) is 23.3 Å². The van der Waals surface area contributed by atoms with E-state index in [-0.39, 0.29) is 29.8 Å². The molecule has 1 N–H and O–H groups in total. The molecule has 4 rings (SSSR count). The minimum Gasteiger partial charge on any atom is -0.495 e. The van der Waals surface area contributed by atoms with E-state index in [0.717, 1.165) is 16.4 Å². The van der Waals surface area contributed by atoms with Gasteiger partial charge in [-0.1, -0.05) is 18.2 Å². The molecule has 1 aliphatic rings. The van der Waals surface area contributed by atoms with Gasteiger partial charge in [0.2, 0.25) is 5.91 Å². The van der Waals surface area contributed by atoms with Crippen LogP contribution in [0.1, 0.15) is 12.8 Å². The number of hydrogen-bond donors (Lipinski definition) is 1. The summed E-state index contributed by atoms with van der Waals surface area (Å²) in [4.78, 5) is 12.4. The third kappa shape index (κ3) is 3.14. The van der Waals surface area contributed by atoms with Crippen LogP contribution < -0.4 is 10.1 Å². The lowest BCUT2D eigenvalue weighted by Gasteiger charge is -2.12. The largest absolute Gasteiger partial charge is 0.495 e. The number of amides is 1. The fourth-order valence-corrected chi connectivity index (χ4v) is 5.38. The average Bonchev–Trinajstić information content (AvgIpc) is 3.12. The van der Waals surface area contributed by atoms with Crippen molar-refractivity contribution in [2.24, 2.45) is 5.92 Å². The maximum atomic E-state index is 12.4. The van der Waals surface area contributed by atoms with Crippen LogP contribution in [-0.2, 0) is 14.6 Å². The average molecular weight is 373 g/mol. The molecule has 1 saturated heterocycles. The first kappa shape index (κ1) is 16.9. The Morgan fingerprint density at radius 1 is 1.23 bits per heavy atom. The van der Waals surface area contributed by atoms with Crippen LogP contribution in [0.15, 0.2) is 40.8 Å². The van der Waals surface area contributed by atoms with Crippen molar-refractivity contribution in [2.45, 2.75) is 12.8 Å². The first-order chi connectivity index (χ1) is 12.4. The highest BCUT2D eigenvalue weighted by Crippen LogP contribution is 2.36. The summed E-state index contributed by atoms with van der Waals surface area (Å²) < 4.78 is 34.4. The molecular formula is C19H19NO5S. The molecule has 26 heavy (non-hydrogen) atoms. The zero-order valence-electron chi connectivity index (χ0n) is 14.3. The highest BCUT2D eigenvalue weighted by Gasteiger charge is 2.29. The Hall–Kier alpha value is -2.54. The van der Waals surface area contributed by atoms with Gasteiger partial charge >= 0.3 is 0 Å². The highest BCUT2D eigenvalue weighted by molar-refractivity contribution is 7.91. The second kappa shape index (κ2) is 6.32. The molecule has 7 heteroatoms. The molecule has 1 fully saturated rings. The first-order valence-electron chi connectivity index (χ1n) is 8.45. The Morgan fingerprint density at radius 2 is 2.04 bits per heavy atom. The number of sulfone groups is 1. The van der Waals surface area contributed by atoms with Gasteiger partial charge in [-0.2, -0.15) is 0 Å². The summed E-state index contributed by atoms with van der Waals surface area (Å²) >= 11 is 0. The zero-order chi connectivity index (χ0) is 18.3. The third-order valence-electron chi connectivity index (χ3n) is 4.77. The summed E-state index contributed by atoms with van der Waals surface area (Å²) in [5.41, 5.74) is 1.94. The number of ether oxygens (including phenoxy) is 1. The summed E-state index contributed by atoms with van der Waals surface area (Å²) in [5, 5.41) is 4.73. The number of methoxy groups -OCH3 is 1. The molecule has 0 radical (unpaired) electrons.